The second-order valence-corrected chi connectivity index (χ2v) is 3.19. The van der Waals surface area contributed by atoms with E-state index >= 15 is 0 Å². The van der Waals surface area contributed by atoms with Crippen LogP contribution in [0.5, 0.6) is 0 Å². The van der Waals surface area contributed by atoms with Crippen LogP contribution in [-0.4, -0.2) is 42.1 Å². The summed E-state index contributed by atoms with van der Waals surface area (Å²) in [5, 5.41) is 7.12. The Bertz CT molecular complexity index is 325. The largest absolute Gasteiger partial charge is 0.464 e. The fraction of sp³-hybridized carbons (Fsp3) is 0.600. The Morgan fingerprint density at radius 1 is 1.62 bits per heavy atom. The third kappa shape index (κ3) is 4.79. The highest BCUT2D eigenvalue weighted by atomic mass is 16.6. The molecule has 6 nitrogen and oxygen atoms in total. The Hall–Kier alpha value is -1.56. The molecule has 1 heterocycles. The Kier molecular flexibility index (Phi) is 5.35. The van der Waals surface area contributed by atoms with Gasteiger partial charge >= 0.3 is 5.97 Å². The monoisotopic (exact) mass is 227 g/mol. The van der Waals surface area contributed by atoms with E-state index in [0.29, 0.717) is 19.8 Å². The molecular weight excluding hydrogens is 210 g/mol. The van der Waals surface area contributed by atoms with Gasteiger partial charge in [-0.2, -0.15) is 5.10 Å². The summed E-state index contributed by atoms with van der Waals surface area (Å²) in [4.78, 5) is 10.9. The third-order valence-electron chi connectivity index (χ3n) is 1.81. The molecule has 0 aliphatic heterocycles. The quantitative estimate of drug-likeness (QED) is 0.540. The molecule has 0 bridgehead atoms. The van der Waals surface area contributed by atoms with Crippen LogP contribution in [0, 0.1) is 0 Å². The zero-order valence-corrected chi connectivity index (χ0v) is 9.60. The molecule has 0 aliphatic carbocycles. The van der Waals surface area contributed by atoms with Gasteiger partial charge in [-0.3, -0.25) is 4.68 Å². The average molecular weight is 227 g/mol. The minimum Gasteiger partial charge on any atom is -0.464 e. The number of esters is 1. The smallest absolute Gasteiger partial charge is 0.332 e. The minimum absolute atomic E-state index is 0.00254. The molecule has 1 aromatic heterocycles. The summed E-state index contributed by atoms with van der Waals surface area (Å²) < 4.78 is 11.5. The maximum absolute atomic E-state index is 10.9. The summed E-state index contributed by atoms with van der Waals surface area (Å²) in [5.74, 6) is -0.330. The molecule has 0 aliphatic rings. The molecule has 0 amide bonds. The normalized spacial score (nSPS) is 10.1. The summed E-state index contributed by atoms with van der Waals surface area (Å²) in [6, 6.07) is 0. The van der Waals surface area contributed by atoms with Gasteiger partial charge in [0.2, 0.25) is 0 Å². The van der Waals surface area contributed by atoms with Gasteiger partial charge in [0.1, 0.15) is 6.61 Å². The first-order chi connectivity index (χ1) is 7.72. The van der Waals surface area contributed by atoms with E-state index in [1.54, 1.807) is 17.8 Å². The van der Waals surface area contributed by atoms with Crippen molar-refractivity contribution in [1.29, 1.82) is 0 Å². The van der Waals surface area contributed by atoms with Crippen LogP contribution in [0.25, 0.3) is 0 Å². The number of hydrogen-bond acceptors (Lipinski definition) is 5. The average Bonchev–Trinajstić information content (AvgIpc) is 2.64. The SMILES string of the molecule is CCOC(=O)COCCNc1cnn(C)c1. The first-order valence-corrected chi connectivity index (χ1v) is 5.18. The second-order valence-electron chi connectivity index (χ2n) is 3.19. The lowest BCUT2D eigenvalue weighted by Gasteiger charge is -2.05. The second kappa shape index (κ2) is 6.84. The van der Waals surface area contributed by atoms with Crippen molar-refractivity contribution in [3.05, 3.63) is 12.4 Å². The van der Waals surface area contributed by atoms with Gasteiger partial charge in [-0.25, -0.2) is 4.79 Å². The fourth-order valence-electron chi connectivity index (χ4n) is 1.14. The van der Waals surface area contributed by atoms with Crippen molar-refractivity contribution in [1.82, 2.24) is 9.78 Å². The lowest BCUT2D eigenvalue weighted by molar-refractivity contribution is -0.148. The molecule has 0 spiro atoms. The third-order valence-corrected chi connectivity index (χ3v) is 1.81. The van der Waals surface area contributed by atoms with E-state index in [1.165, 1.54) is 0 Å². The van der Waals surface area contributed by atoms with E-state index in [4.69, 9.17) is 9.47 Å². The zero-order valence-electron chi connectivity index (χ0n) is 9.60. The number of aromatic nitrogens is 2. The highest BCUT2D eigenvalue weighted by Gasteiger charge is 2.00. The highest BCUT2D eigenvalue weighted by Crippen LogP contribution is 2.01. The number of nitrogens with zero attached hydrogens (tertiary/aromatic N) is 2. The molecule has 0 saturated heterocycles. The van der Waals surface area contributed by atoms with E-state index < -0.39 is 0 Å². The van der Waals surface area contributed by atoms with E-state index in [0.717, 1.165) is 5.69 Å². The summed E-state index contributed by atoms with van der Waals surface area (Å²) in [7, 11) is 1.85. The number of carbonyl (C=O) groups is 1. The molecule has 0 saturated carbocycles. The Balaban J connectivity index is 2.02. The van der Waals surface area contributed by atoms with Crippen molar-refractivity contribution in [2.75, 3.05) is 31.7 Å². The summed E-state index contributed by atoms with van der Waals surface area (Å²) >= 11 is 0. The summed E-state index contributed by atoms with van der Waals surface area (Å²) in [6.45, 7) is 3.24. The van der Waals surface area contributed by atoms with Gasteiger partial charge in [0.05, 0.1) is 25.1 Å². The van der Waals surface area contributed by atoms with Gasteiger partial charge in [-0.15, -0.1) is 0 Å². The molecule has 0 unspecified atom stereocenters. The van der Waals surface area contributed by atoms with E-state index in [2.05, 4.69) is 10.4 Å². The number of anilines is 1. The van der Waals surface area contributed by atoms with Crippen LogP contribution in [0.1, 0.15) is 6.92 Å². The summed E-state index contributed by atoms with van der Waals surface area (Å²) in [6.07, 6.45) is 3.59. The van der Waals surface area contributed by atoms with Crippen molar-refractivity contribution in [2.45, 2.75) is 6.92 Å². The van der Waals surface area contributed by atoms with Gasteiger partial charge < -0.3 is 14.8 Å². The number of ether oxygens (including phenoxy) is 2. The fourth-order valence-corrected chi connectivity index (χ4v) is 1.14. The van der Waals surface area contributed by atoms with E-state index in [-0.39, 0.29) is 12.6 Å². The predicted molar refractivity (Wildman–Crippen MR) is 59.1 cm³/mol. The number of rotatable bonds is 7. The van der Waals surface area contributed by atoms with Crippen molar-refractivity contribution in [3.8, 4) is 0 Å². The molecule has 1 rings (SSSR count). The predicted octanol–water partition coefficient (Wildman–Crippen LogP) is 0.412. The maximum Gasteiger partial charge on any atom is 0.332 e. The standard InChI is InChI=1S/C10H17N3O3/c1-3-16-10(14)8-15-5-4-11-9-6-12-13(2)7-9/h6-7,11H,3-5,8H2,1-2H3. The van der Waals surface area contributed by atoms with Gasteiger partial charge in [-0.05, 0) is 6.92 Å². The van der Waals surface area contributed by atoms with Crippen LogP contribution in [0.15, 0.2) is 12.4 Å². The molecule has 6 heteroatoms. The molecule has 1 aromatic rings. The van der Waals surface area contributed by atoms with Crippen LogP contribution in [0.2, 0.25) is 0 Å². The van der Waals surface area contributed by atoms with Crippen molar-refractivity contribution in [3.63, 3.8) is 0 Å². The number of hydrogen-bond donors (Lipinski definition) is 1. The number of carbonyl (C=O) groups excluding carboxylic acids is 1. The van der Waals surface area contributed by atoms with Crippen LogP contribution < -0.4 is 5.32 Å². The number of nitrogens with one attached hydrogen (secondary N) is 1. The molecule has 0 radical (unpaired) electrons. The Morgan fingerprint density at radius 2 is 2.44 bits per heavy atom. The molecule has 0 aromatic carbocycles. The topological polar surface area (TPSA) is 65.4 Å². The van der Waals surface area contributed by atoms with Gasteiger partial charge in [0.25, 0.3) is 0 Å². The lowest BCUT2D eigenvalue weighted by atomic mass is 10.5. The van der Waals surface area contributed by atoms with E-state index in [9.17, 15) is 4.79 Å². The molecule has 0 atom stereocenters. The first-order valence-electron chi connectivity index (χ1n) is 5.18. The van der Waals surface area contributed by atoms with Crippen LogP contribution in [-0.2, 0) is 21.3 Å². The van der Waals surface area contributed by atoms with Crippen molar-refractivity contribution < 1.29 is 14.3 Å². The van der Waals surface area contributed by atoms with E-state index in [1.807, 2.05) is 13.2 Å². The molecule has 0 fully saturated rings. The zero-order chi connectivity index (χ0) is 11.8. The van der Waals surface area contributed by atoms with Crippen LogP contribution >= 0.6 is 0 Å². The van der Waals surface area contributed by atoms with Gasteiger partial charge in [0.15, 0.2) is 0 Å². The lowest BCUT2D eigenvalue weighted by Crippen LogP contribution is -2.16. The maximum atomic E-state index is 10.9. The Morgan fingerprint density at radius 3 is 3.06 bits per heavy atom. The Labute approximate surface area is 94.5 Å². The number of aryl methyl sites for hydroxylation is 1. The van der Waals surface area contributed by atoms with Gasteiger partial charge in [0, 0.05) is 19.8 Å². The van der Waals surface area contributed by atoms with Gasteiger partial charge in [-0.1, -0.05) is 0 Å². The molecular formula is C10H17N3O3. The minimum atomic E-state index is -0.330. The van der Waals surface area contributed by atoms with Crippen LogP contribution in [0.4, 0.5) is 5.69 Å². The molecule has 1 N–H and O–H groups in total. The highest BCUT2D eigenvalue weighted by molar-refractivity contribution is 5.70. The van der Waals surface area contributed by atoms with Crippen molar-refractivity contribution >= 4 is 11.7 Å². The van der Waals surface area contributed by atoms with Crippen molar-refractivity contribution in [2.24, 2.45) is 7.05 Å². The van der Waals surface area contributed by atoms with Crippen LogP contribution in [0.3, 0.4) is 0 Å². The molecule has 90 valence electrons. The molecule has 16 heavy (non-hydrogen) atoms. The first kappa shape index (κ1) is 12.5. The summed E-state index contributed by atoms with van der Waals surface area (Å²) in [5.41, 5.74) is 0.933.